The van der Waals surface area contributed by atoms with Crippen LogP contribution in [-0.4, -0.2) is 43.2 Å². The third-order valence-corrected chi connectivity index (χ3v) is 2.29. The van der Waals surface area contributed by atoms with Crippen LogP contribution in [0.1, 0.15) is 18.4 Å². The Morgan fingerprint density at radius 2 is 1.85 bits per heavy atom. The van der Waals surface area contributed by atoms with E-state index in [1.807, 2.05) is 0 Å². The van der Waals surface area contributed by atoms with Crippen molar-refractivity contribution in [1.82, 2.24) is 0 Å². The second-order valence-electron chi connectivity index (χ2n) is 2.66. The van der Waals surface area contributed by atoms with Gasteiger partial charge >= 0.3 is 89.1 Å². The van der Waals surface area contributed by atoms with Crippen molar-refractivity contribution in [3.63, 3.8) is 0 Å². The molecule has 0 aliphatic carbocycles. The molecule has 0 nitrogen and oxygen atoms in total. The van der Waals surface area contributed by atoms with E-state index >= 15 is 0 Å². The van der Waals surface area contributed by atoms with Gasteiger partial charge in [0.1, 0.15) is 0 Å². The fraction of sp³-hybridized carbons (Fsp3) is 0.273. The standard InChI is InChI=1S/C11H11.In.Li/c1-2-3-5-8-11-9-6-4-7-10-11;;/h4,6-7,9-10H,3,5,8H2;;. The van der Waals surface area contributed by atoms with Crippen molar-refractivity contribution in [1.29, 1.82) is 0 Å². The maximum Gasteiger partial charge on any atom is 0 e. The first-order chi connectivity index (χ1) is 5.93. The van der Waals surface area contributed by atoms with Crippen molar-refractivity contribution >= 4 is 43.2 Å². The largest absolute Gasteiger partial charge is 0 e. The van der Waals surface area contributed by atoms with Crippen LogP contribution in [-0.2, 0) is 6.42 Å². The monoisotopic (exact) mass is 265 g/mol. The molecule has 1 aromatic carbocycles. The van der Waals surface area contributed by atoms with Crippen LogP contribution in [0.2, 0.25) is 0 Å². The third-order valence-electron chi connectivity index (χ3n) is 1.71. The van der Waals surface area contributed by atoms with Crippen LogP contribution in [0.5, 0.6) is 0 Å². The molecule has 0 spiro atoms. The molecule has 3 radical (unpaired) electrons. The smallest absolute Gasteiger partial charge is 0 e. The predicted octanol–water partition coefficient (Wildman–Crippen LogP) is 1.76. The Balaban J connectivity index is 0.00000144. The van der Waals surface area contributed by atoms with E-state index in [0.717, 1.165) is 37.2 Å². The SMILES string of the molecule is [In][C]#CCCCc1ccccc1.[Li]. The average Bonchev–Trinajstić information content (AvgIpc) is 2.14. The van der Waals surface area contributed by atoms with Crippen molar-refractivity contribution in [3.05, 3.63) is 35.9 Å². The van der Waals surface area contributed by atoms with Crippen LogP contribution in [0.3, 0.4) is 0 Å². The first-order valence-electron chi connectivity index (χ1n) is 4.16. The van der Waals surface area contributed by atoms with Gasteiger partial charge in [0.2, 0.25) is 0 Å². The molecular formula is C11H11InLi. The molecule has 1 aromatic rings. The van der Waals surface area contributed by atoms with Gasteiger partial charge in [0.05, 0.1) is 0 Å². The van der Waals surface area contributed by atoms with Gasteiger partial charge in [0.25, 0.3) is 0 Å². The summed E-state index contributed by atoms with van der Waals surface area (Å²) in [7, 11) is 0. The summed E-state index contributed by atoms with van der Waals surface area (Å²) >= 11 is 1.07. The van der Waals surface area contributed by atoms with Crippen LogP contribution in [0.25, 0.3) is 0 Å². The summed E-state index contributed by atoms with van der Waals surface area (Å²) in [6.07, 6.45) is 3.41. The second-order valence-corrected chi connectivity index (χ2v) is 3.48. The summed E-state index contributed by atoms with van der Waals surface area (Å²) in [6.45, 7) is 0. The van der Waals surface area contributed by atoms with Gasteiger partial charge in [0.15, 0.2) is 0 Å². The minimum Gasteiger partial charge on any atom is 0 e. The van der Waals surface area contributed by atoms with E-state index in [0.29, 0.717) is 0 Å². The molecule has 0 amide bonds. The van der Waals surface area contributed by atoms with Gasteiger partial charge in [-0.25, -0.2) is 0 Å². The van der Waals surface area contributed by atoms with Gasteiger partial charge in [-0.05, 0) is 0 Å². The molecule has 0 aromatic heterocycles. The Morgan fingerprint density at radius 1 is 1.15 bits per heavy atom. The molecular weight excluding hydrogens is 254 g/mol. The second kappa shape index (κ2) is 8.83. The number of hydrogen-bond acceptors (Lipinski definition) is 0. The number of rotatable bonds is 3. The quantitative estimate of drug-likeness (QED) is 0.444. The fourth-order valence-electron chi connectivity index (χ4n) is 1.10. The molecule has 0 aliphatic rings. The van der Waals surface area contributed by atoms with E-state index in [1.165, 1.54) is 12.0 Å². The van der Waals surface area contributed by atoms with Crippen molar-refractivity contribution in [2.45, 2.75) is 19.3 Å². The molecule has 0 bridgehead atoms. The first-order valence-corrected chi connectivity index (χ1v) is 5.80. The topological polar surface area (TPSA) is 0 Å². The minimum absolute atomic E-state index is 0. The van der Waals surface area contributed by atoms with Gasteiger partial charge in [-0.2, -0.15) is 0 Å². The summed E-state index contributed by atoms with van der Waals surface area (Å²) in [5.41, 5.74) is 1.42. The number of hydrogen-bond donors (Lipinski definition) is 0. The third kappa shape index (κ3) is 6.34. The molecule has 0 aliphatic heterocycles. The van der Waals surface area contributed by atoms with Crippen LogP contribution >= 0.6 is 0 Å². The Kier molecular flexibility index (Phi) is 9.00. The molecule has 59 valence electrons. The first kappa shape index (κ1) is 13.2. The van der Waals surface area contributed by atoms with Crippen molar-refractivity contribution in [3.8, 4) is 9.60 Å². The summed E-state index contributed by atoms with van der Waals surface area (Å²) in [5.74, 6) is 3.13. The molecule has 0 atom stereocenters. The molecule has 0 N–H and O–H groups in total. The summed E-state index contributed by atoms with van der Waals surface area (Å²) in [4.78, 5) is 0. The number of benzene rings is 1. The Morgan fingerprint density at radius 3 is 2.46 bits per heavy atom. The van der Waals surface area contributed by atoms with Crippen molar-refractivity contribution in [2.24, 2.45) is 0 Å². The Hall–Kier alpha value is 0.248. The molecule has 1 rings (SSSR count). The molecule has 0 saturated heterocycles. The van der Waals surface area contributed by atoms with E-state index in [4.69, 9.17) is 0 Å². The zero-order chi connectivity index (χ0) is 8.65. The van der Waals surface area contributed by atoms with Gasteiger partial charge in [-0.15, -0.1) is 0 Å². The zero-order valence-electron chi connectivity index (χ0n) is 8.09. The maximum atomic E-state index is 3.13. The molecule has 0 fully saturated rings. The fourth-order valence-corrected chi connectivity index (χ4v) is 1.51. The van der Waals surface area contributed by atoms with Crippen LogP contribution in [0.4, 0.5) is 0 Å². The van der Waals surface area contributed by atoms with Crippen molar-refractivity contribution in [2.75, 3.05) is 0 Å². The molecule has 0 unspecified atom stereocenters. The van der Waals surface area contributed by atoms with Crippen LogP contribution in [0, 0.1) is 9.60 Å². The van der Waals surface area contributed by atoms with Gasteiger partial charge in [0, 0.05) is 18.9 Å². The summed E-state index contributed by atoms with van der Waals surface area (Å²) in [6, 6.07) is 10.6. The normalized spacial score (nSPS) is 8.00. The molecule has 0 heterocycles. The van der Waals surface area contributed by atoms with E-state index in [-0.39, 0.29) is 18.9 Å². The van der Waals surface area contributed by atoms with Gasteiger partial charge < -0.3 is 0 Å². The number of aryl methyl sites for hydroxylation is 1. The van der Waals surface area contributed by atoms with Gasteiger partial charge in [-0.3, -0.25) is 0 Å². The summed E-state index contributed by atoms with van der Waals surface area (Å²) < 4.78 is 3.03. The van der Waals surface area contributed by atoms with E-state index < -0.39 is 0 Å². The predicted molar refractivity (Wildman–Crippen MR) is 58.7 cm³/mol. The minimum atomic E-state index is 0. The Bertz CT molecular complexity index is 271. The average molecular weight is 265 g/mol. The molecule has 0 saturated carbocycles. The zero-order valence-corrected chi connectivity index (χ0v) is 11.4. The van der Waals surface area contributed by atoms with E-state index in [2.05, 4.69) is 39.9 Å². The van der Waals surface area contributed by atoms with E-state index in [1.54, 1.807) is 0 Å². The Labute approximate surface area is 107 Å². The molecule has 2 heteroatoms. The van der Waals surface area contributed by atoms with Crippen molar-refractivity contribution < 1.29 is 0 Å². The maximum absolute atomic E-state index is 3.13. The van der Waals surface area contributed by atoms with Crippen LogP contribution < -0.4 is 0 Å². The summed E-state index contributed by atoms with van der Waals surface area (Å²) in [5, 5.41) is 0. The van der Waals surface area contributed by atoms with E-state index in [9.17, 15) is 0 Å². The molecule has 13 heavy (non-hydrogen) atoms. The van der Waals surface area contributed by atoms with Crippen LogP contribution in [0.15, 0.2) is 30.3 Å². The number of unbranched alkanes of at least 4 members (excludes halogenated alkanes) is 1. The van der Waals surface area contributed by atoms with Gasteiger partial charge in [-0.1, -0.05) is 0 Å².